The van der Waals surface area contributed by atoms with E-state index in [0.29, 0.717) is 18.9 Å². The van der Waals surface area contributed by atoms with Crippen molar-refractivity contribution >= 4 is 5.97 Å². The molecule has 0 amide bonds. The second-order valence-corrected chi connectivity index (χ2v) is 6.83. The van der Waals surface area contributed by atoms with Crippen molar-refractivity contribution in [2.24, 2.45) is 11.7 Å². The zero-order chi connectivity index (χ0) is 14.6. The Morgan fingerprint density at radius 3 is 2.80 bits per heavy atom. The van der Waals surface area contributed by atoms with Crippen LogP contribution in [-0.2, 0) is 4.79 Å². The molecule has 4 nitrogen and oxygen atoms in total. The minimum atomic E-state index is -0.988. The molecule has 116 valence electrons. The van der Waals surface area contributed by atoms with Gasteiger partial charge in [-0.1, -0.05) is 19.8 Å². The van der Waals surface area contributed by atoms with Gasteiger partial charge in [-0.15, -0.1) is 0 Å². The van der Waals surface area contributed by atoms with E-state index in [1.165, 1.54) is 32.1 Å². The number of hydrogen-bond donors (Lipinski definition) is 2. The number of carboxylic acid groups (broad SMARTS) is 1. The third-order valence-electron chi connectivity index (χ3n) is 5.28. The average molecular weight is 282 g/mol. The van der Waals surface area contributed by atoms with Crippen LogP contribution in [0.4, 0.5) is 0 Å². The second-order valence-electron chi connectivity index (χ2n) is 6.83. The van der Waals surface area contributed by atoms with Crippen molar-refractivity contribution in [3.63, 3.8) is 0 Å². The molecule has 0 aromatic heterocycles. The van der Waals surface area contributed by atoms with Gasteiger partial charge < -0.3 is 15.7 Å². The molecule has 20 heavy (non-hydrogen) atoms. The van der Waals surface area contributed by atoms with Crippen LogP contribution in [0.5, 0.6) is 0 Å². The maximum absolute atomic E-state index is 11.4. The van der Waals surface area contributed by atoms with Crippen molar-refractivity contribution in [3.8, 4) is 0 Å². The fraction of sp³-hybridized carbons (Fsp3) is 0.938. The normalized spacial score (nSPS) is 36.5. The number of carboxylic acids is 1. The molecule has 2 fully saturated rings. The molecule has 0 aromatic carbocycles. The molecule has 1 saturated carbocycles. The van der Waals surface area contributed by atoms with E-state index in [2.05, 4.69) is 11.8 Å². The molecule has 3 atom stereocenters. The summed E-state index contributed by atoms with van der Waals surface area (Å²) in [4.78, 5) is 13.9. The molecule has 1 aliphatic heterocycles. The number of carbonyl (C=O) groups is 1. The molecular weight excluding hydrogens is 252 g/mol. The average Bonchev–Trinajstić information content (AvgIpc) is 2.65. The van der Waals surface area contributed by atoms with Crippen molar-refractivity contribution in [2.75, 3.05) is 13.1 Å². The minimum Gasteiger partial charge on any atom is -0.480 e. The van der Waals surface area contributed by atoms with Crippen LogP contribution in [0.2, 0.25) is 0 Å². The summed E-state index contributed by atoms with van der Waals surface area (Å²) in [6.45, 7) is 4.52. The third kappa shape index (κ3) is 3.73. The third-order valence-corrected chi connectivity index (χ3v) is 5.28. The van der Waals surface area contributed by atoms with Crippen molar-refractivity contribution in [2.45, 2.75) is 76.3 Å². The lowest BCUT2D eigenvalue weighted by atomic mass is 9.79. The molecule has 2 rings (SSSR count). The van der Waals surface area contributed by atoms with Crippen molar-refractivity contribution < 1.29 is 9.90 Å². The van der Waals surface area contributed by atoms with E-state index in [9.17, 15) is 9.90 Å². The van der Waals surface area contributed by atoms with Crippen LogP contribution in [0.1, 0.15) is 64.7 Å². The first kappa shape index (κ1) is 15.8. The number of likely N-dealkylation sites (tertiary alicyclic amines) is 1. The summed E-state index contributed by atoms with van der Waals surface area (Å²) in [6, 6.07) is 0.380. The predicted octanol–water partition coefficient (Wildman–Crippen LogP) is 2.61. The molecule has 1 heterocycles. The molecule has 1 aliphatic carbocycles. The summed E-state index contributed by atoms with van der Waals surface area (Å²) in [5, 5.41) is 9.34. The molecular formula is C16H30N2O2. The zero-order valence-electron chi connectivity index (χ0n) is 12.8. The molecule has 3 N–H and O–H groups in total. The standard InChI is InChI=1S/C16H30N2O2/c1-2-5-13-6-4-10-18(11-8-13)14-7-3-9-16(17,12-14)15(19)20/h13-14H,2-12,17H2,1H3,(H,19,20). The lowest BCUT2D eigenvalue weighted by molar-refractivity contribution is -0.145. The first-order valence-corrected chi connectivity index (χ1v) is 8.31. The Bertz CT molecular complexity index is 334. The highest BCUT2D eigenvalue weighted by atomic mass is 16.4. The quantitative estimate of drug-likeness (QED) is 0.832. The van der Waals surface area contributed by atoms with Gasteiger partial charge in [-0.2, -0.15) is 0 Å². The van der Waals surface area contributed by atoms with Crippen LogP contribution in [0.25, 0.3) is 0 Å². The van der Waals surface area contributed by atoms with Crippen molar-refractivity contribution in [1.82, 2.24) is 4.90 Å². The second kappa shape index (κ2) is 6.90. The highest BCUT2D eigenvalue weighted by Crippen LogP contribution is 2.32. The summed E-state index contributed by atoms with van der Waals surface area (Å²) in [5.74, 6) is 0.0524. The first-order valence-electron chi connectivity index (χ1n) is 8.31. The number of nitrogens with two attached hydrogens (primary N) is 1. The summed E-state index contributed by atoms with van der Waals surface area (Å²) in [6.07, 6.45) is 9.80. The van der Waals surface area contributed by atoms with Crippen LogP contribution in [0, 0.1) is 5.92 Å². The first-order chi connectivity index (χ1) is 9.55. The van der Waals surface area contributed by atoms with Crippen LogP contribution in [0.3, 0.4) is 0 Å². The van der Waals surface area contributed by atoms with E-state index < -0.39 is 11.5 Å². The van der Waals surface area contributed by atoms with Gasteiger partial charge in [0.25, 0.3) is 0 Å². The van der Waals surface area contributed by atoms with Gasteiger partial charge in [-0.3, -0.25) is 4.79 Å². The van der Waals surface area contributed by atoms with Crippen LogP contribution >= 0.6 is 0 Å². The molecule has 2 aliphatic rings. The smallest absolute Gasteiger partial charge is 0.323 e. The van der Waals surface area contributed by atoms with Gasteiger partial charge in [0.1, 0.15) is 5.54 Å². The largest absolute Gasteiger partial charge is 0.480 e. The van der Waals surface area contributed by atoms with Gasteiger partial charge in [-0.25, -0.2) is 0 Å². The monoisotopic (exact) mass is 282 g/mol. The van der Waals surface area contributed by atoms with Gasteiger partial charge in [0.15, 0.2) is 0 Å². The molecule has 0 spiro atoms. The minimum absolute atomic E-state index is 0.380. The van der Waals surface area contributed by atoms with Crippen molar-refractivity contribution in [3.05, 3.63) is 0 Å². The highest BCUT2D eigenvalue weighted by molar-refractivity contribution is 5.78. The van der Waals surface area contributed by atoms with Crippen LogP contribution < -0.4 is 5.73 Å². The molecule has 4 heteroatoms. The van der Waals surface area contributed by atoms with E-state index in [1.807, 2.05) is 0 Å². The van der Waals surface area contributed by atoms with Crippen molar-refractivity contribution in [1.29, 1.82) is 0 Å². The fourth-order valence-electron chi connectivity index (χ4n) is 4.03. The van der Waals surface area contributed by atoms with E-state index in [0.717, 1.165) is 31.8 Å². The molecule has 1 saturated heterocycles. The number of rotatable bonds is 4. The summed E-state index contributed by atoms with van der Waals surface area (Å²) < 4.78 is 0. The topological polar surface area (TPSA) is 66.6 Å². The Balaban J connectivity index is 1.92. The van der Waals surface area contributed by atoms with Gasteiger partial charge in [0.05, 0.1) is 0 Å². The van der Waals surface area contributed by atoms with E-state index in [4.69, 9.17) is 5.73 Å². The zero-order valence-corrected chi connectivity index (χ0v) is 12.8. The Hall–Kier alpha value is -0.610. The molecule has 0 bridgehead atoms. The number of aliphatic carboxylic acids is 1. The molecule has 3 unspecified atom stereocenters. The SMILES string of the molecule is CCCC1CCCN(C2CCCC(N)(C(=O)O)C2)CC1. The molecule has 0 radical (unpaired) electrons. The summed E-state index contributed by atoms with van der Waals surface area (Å²) >= 11 is 0. The maximum Gasteiger partial charge on any atom is 0.323 e. The van der Waals surface area contributed by atoms with E-state index in [-0.39, 0.29) is 0 Å². The predicted molar refractivity (Wildman–Crippen MR) is 80.6 cm³/mol. The summed E-state index contributed by atoms with van der Waals surface area (Å²) in [5.41, 5.74) is 5.10. The van der Waals surface area contributed by atoms with E-state index in [1.54, 1.807) is 0 Å². The Labute approximate surface area is 122 Å². The Morgan fingerprint density at radius 2 is 2.10 bits per heavy atom. The number of nitrogens with zero attached hydrogens (tertiary/aromatic N) is 1. The highest BCUT2D eigenvalue weighted by Gasteiger charge is 2.41. The van der Waals surface area contributed by atoms with Gasteiger partial charge >= 0.3 is 5.97 Å². The Kier molecular flexibility index (Phi) is 5.44. The lowest BCUT2D eigenvalue weighted by Gasteiger charge is -2.40. The van der Waals surface area contributed by atoms with Crippen LogP contribution in [0.15, 0.2) is 0 Å². The number of hydrogen-bond acceptors (Lipinski definition) is 3. The van der Waals surface area contributed by atoms with Gasteiger partial charge in [0, 0.05) is 6.04 Å². The maximum atomic E-state index is 11.4. The van der Waals surface area contributed by atoms with Gasteiger partial charge in [-0.05, 0) is 64.0 Å². The fourth-order valence-corrected chi connectivity index (χ4v) is 4.03. The van der Waals surface area contributed by atoms with E-state index >= 15 is 0 Å². The summed E-state index contributed by atoms with van der Waals surface area (Å²) in [7, 11) is 0. The van der Waals surface area contributed by atoms with Crippen LogP contribution in [-0.4, -0.2) is 40.6 Å². The lowest BCUT2D eigenvalue weighted by Crippen LogP contribution is -2.55. The molecule has 0 aromatic rings. The Morgan fingerprint density at radius 1 is 1.30 bits per heavy atom. The van der Waals surface area contributed by atoms with Gasteiger partial charge in [0.2, 0.25) is 0 Å².